The van der Waals surface area contributed by atoms with Crippen LogP contribution in [0.5, 0.6) is 0 Å². The van der Waals surface area contributed by atoms with Crippen LogP contribution in [0.4, 0.5) is 0 Å². The summed E-state index contributed by atoms with van der Waals surface area (Å²) in [5, 5.41) is 9.11. The molecule has 4 nitrogen and oxygen atoms in total. The van der Waals surface area contributed by atoms with Crippen LogP contribution in [0.2, 0.25) is 0 Å². The SMILES string of the molecule is C=C(O)Cc1ccn(S(=O)(=O)c2ccc(C)cc2)c1. The number of benzene rings is 1. The van der Waals surface area contributed by atoms with Gasteiger partial charge < -0.3 is 5.11 Å². The summed E-state index contributed by atoms with van der Waals surface area (Å²) in [7, 11) is -3.57. The maximum absolute atomic E-state index is 12.3. The molecule has 100 valence electrons. The average molecular weight is 277 g/mol. The summed E-state index contributed by atoms with van der Waals surface area (Å²) in [6.07, 6.45) is 3.19. The van der Waals surface area contributed by atoms with E-state index in [1.165, 1.54) is 12.4 Å². The molecule has 0 saturated heterocycles. The summed E-state index contributed by atoms with van der Waals surface area (Å²) in [4.78, 5) is 0.239. The molecule has 0 bridgehead atoms. The first kappa shape index (κ1) is 13.4. The van der Waals surface area contributed by atoms with Gasteiger partial charge in [0.25, 0.3) is 10.0 Å². The van der Waals surface area contributed by atoms with Crippen LogP contribution in [0.25, 0.3) is 0 Å². The van der Waals surface area contributed by atoms with Crippen molar-refractivity contribution in [2.45, 2.75) is 18.2 Å². The van der Waals surface area contributed by atoms with Gasteiger partial charge in [-0.2, -0.15) is 0 Å². The molecule has 0 atom stereocenters. The van der Waals surface area contributed by atoms with E-state index in [2.05, 4.69) is 6.58 Å². The van der Waals surface area contributed by atoms with Gasteiger partial charge in [0.05, 0.1) is 10.7 Å². The van der Waals surface area contributed by atoms with Gasteiger partial charge in [0.1, 0.15) is 0 Å². The highest BCUT2D eigenvalue weighted by Gasteiger charge is 2.16. The second kappa shape index (κ2) is 4.93. The van der Waals surface area contributed by atoms with Crippen LogP contribution in [-0.4, -0.2) is 17.5 Å². The lowest BCUT2D eigenvalue weighted by Crippen LogP contribution is -2.10. The van der Waals surface area contributed by atoms with Gasteiger partial charge in [-0.05, 0) is 30.7 Å². The van der Waals surface area contributed by atoms with Crippen molar-refractivity contribution in [3.8, 4) is 0 Å². The third-order valence-corrected chi connectivity index (χ3v) is 4.38. The van der Waals surface area contributed by atoms with Crippen LogP contribution in [0.1, 0.15) is 11.1 Å². The summed E-state index contributed by atoms with van der Waals surface area (Å²) in [5.74, 6) is 0.00508. The van der Waals surface area contributed by atoms with Crippen molar-refractivity contribution in [3.05, 3.63) is 66.2 Å². The molecule has 1 aromatic carbocycles. The van der Waals surface area contributed by atoms with Gasteiger partial charge in [-0.1, -0.05) is 24.3 Å². The number of aliphatic hydroxyl groups is 1. The van der Waals surface area contributed by atoms with Crippen LogP contribution in [0.3, 0.4) is 0 Å². The van der Waals surface area contributed by atoms with E-state index in [1.54, 1.807) is 30.3 Å². The molecule has 0 saturated carbocycles. The maximum atomic E-state index is 12.3. The summed E-state index contributed by atoms with van der Waals surface area (Å²) in [6.45, 7) is 5.29. The Hall–Kier alpha value is -2.01. The van der Waals surface area contributed by atoms with E-state index in [1.807, 2.05) is 6.92 Å². The minimum atomic E-state index is -3.57. The number of hydrogen-bond donors (Lipinski definition) is 1. The Morgan fingerprint density at radius 2 is 1.89 bits per heavy atom. The Morgan fingerprint density at radius 3 is 2.47 bits per heavy atom. The molecule has 19 heavy (non-hydrogen) atoms. The standard InChI is InChI=1S/C14H15NO3S/c1-11-3-5-14(6-4-11)19(17,18)15-8-7-13(10-15)9-12(2)16/h3-8,10,16H,2,9H2,1H3. The summed E-state index contributed by atoms with van der Waals surface area (Å²) >= 11 is 0. The number of rotatable bonds is 4. The number of allylic oxidation sites excluding steroid dienone is 1. The predicted octanol–water partition coefficient (Wildman–Crippen LogP) is 2.65. The first-order valence-corrected chi connectivity index (χ1v) is 7.19. The van der Waals surface area contributed by atoms with E-state index in [9.17, 15) is 8.42 Å². The van der Waals surface area contributed by atoms with E-state index in [0.29, 0.717) is 5.56 Å². The highest BCUT2D eigenvalue weighted by molar-refractivity contribution is 7.90. The third-order valence-electron chi connectivity index (χ3n) is 2.73. The van der Waals surface area contributed by atoms with Gasteiger partial charge in [-0.25, -0.2) is 12.4 Å². The van der Waals surface area contributed by atoms with Crippen molar-refractivity contribution in [3.63, 3.8) is 0 Å². The van der Waals surface area contributed by atoms with Gasteiger partial charge in [0.15, 0.2) is 0 Å². The monoisotopic (exact) mass is 277 g/mol. The van der Waals surface area contributed by atoms with Gasteiger partial charge in [0.2, 0.25) is 0 Å². The van der Waals surface area contributed by atoms with Crippen molar-refractivity contribution in [1.29, 1.82) is 0 Å². The zero-order chi connectivity index (χ0) is 14.0. The molecular weight excluding hydrogens is 262 g/mol. The number of nitrogens with zero attached hydrogens (tertiary/aromatic N) is 1. The minimum absolute atomic E-state index is 0.00508. The topological polar surface area (TPSA) is 59.3 Å². The molecule has 0 unspecified atom stereocenters. The molecule has 1 heterocycles. The Morgan fingerprint density at radius 1 is 1.26 bits per heavy atom. The molecule has 1 aromatic heterocycles. The number of hydrogen-bond acceptors (Lipinski definition) is 3. The number of aryl methyl sites for hydroxylation is 1. The van der Waals surface area contributed by atoms with Crippen LogP contribution in [0, 0.1) is 6.92 Å². The largest absolute Gasteiger partial charge is 0.513 e. The highest BCUT2D eigenvalue weighted by Crippen LogP contribution is 2.16. The molecular formula is C14H15NO3S. The average Bonchev–Trinajstić information content (AvgIpc) is 2.78. The zero-order valence-corrected chi connectivity index (χ0v) is 11.4. The summed E-state index contributed by atoms with van der Waals surface area (Å²) < 4.78 is 25.8. The predicted molar refractivity (Wildman–Crippen MR) is 73.7 cm³/mol. The van der Waals surface area contributed by atoms with Crippen LogP contribution < -0.4 is 0 Å². The van der Waals surface area contributed by atoms with E-state index in [0.717, 1.165) is 9.54 Å². The Balaban J connectivity index is 2.37. The molecule has 0 aliphatic heterocycles. The Kier molecular flexibility index (Phi) is 3.48. The fourth-order valence-corrected chi connectivity index (χ4v) is 2.96. The lowest BCUT2D eigenvalue weighted by molar-refractivity contribution is 0.401. The third kappa shape index (κ3) is 2.88. The number of aliphatic hydroxyl groups excluding tert-OH is 1. The smallest absolute Gasteiger partial charge is 0.267 e. The molecule has 1 N–H and O–H groups in total. The molecule has 0 spiro atoms. The molecule has 0 aliphatic carbocycles. The van der Waals surface area contributed by atoms with Crippen LogP contribution in [-0.2, 0) is 16.4 Å². The Bertz CT molecular complexity index is 697. The minimum Gasteiger partial charge on any atom is -0.513 e. The molecule has 0 aliphatic rings. The molecule has 0 fully saturated rings. The van der Waals surface area contributed by atoms with Gasteiger partial charge in [0, 0.05) is 18.8 Å². The van der Waals surface area contributed by atoms with Crippen molar-refractivity contribution in [1.82, 2.24) is 3.97 Å². The second-order valence-electron chi connectivity index (χ2n) is 4.41. The maximum Gasteiger partial charge on any atom is 0.267 e. The fourth-order valence-electron chi connectivity index (χ4n) is 1.74. The number of aromatic nitrogens is 1. The van der Waals surface area contributed by atoms with E-state index in [-0.39, 0.29) is 17.1 Å². The van der Waals surface area contributed by atoms with E-state index in [4.69, 9.17) is 5.11 Å². The van der Waals surface area contributed by atoms with Gasteiger partial charge in [-0.15, -0.1) is 0 Å². The van der Waals surface area contributed by atoms with E-state index >= 15 is 0 Å². The Labute approximate surface area is 112 Å². The van der Waals surface area contributed by atoms with Crippen LogP contribution >= 0.6 is 0 Å². The molecule has 2 rings (SSSR count). The van der Waals surface area contributed by atoms with Crippen molar-refractivity contribution in [2.75, 3.05) is 0 Å². The molecule has 5 heteroatoms. The lowest BCUT2D eigenvalue weighted by Gasteiger charge is -2.05. The normalized spacial score (nSPS) is 11.4. The quantitative estimate of drug-likeness (QED) is 0.874. The summed E-state index contributed by atoms with van der Waals surface area (Å²) in [6, 6.07) is 8.32. The van der Waals surface area contributed by atoms with Gasteiger partial charge >= 0.3 is 0 Å². The molecule has 2 aromatic rings. The molecule has 0 radical (unpaired) electrons. The fraction of sp³-hybridized carbons (Fsp3) is 0.143. The summed E-state index contributed by atoms with van der Waals surface area (Å²) in [5.41, 5.74) is 1.70. The van der Waals surface area contributed by atoms with E-state index < -0.39 is 10.0 Å². The lowest BCUT2D eigenvalue weighted by atomic mass is 10.2. The first-order valence-electron chi connectivity index (χ1n) is 5.75. The first-order chi connectivity index (χ1) is 8.89. The van der Waals surface area contributed by atoms with Crippen molar-refractivity contribution in [2.24, 2.45) is 0 Å². The van der Waals surface area contributed by atoms with Crippen LogP contribution in [0.15, 0.2) is 60.0 Å². The highest BCUT2D eigenvalue weighted by atomic mass is 32.2. The zero-order valence-electron chi connectivity index (χ0n) is 10.6. The second-order valence-corrected chi connectivity index (χ2v) is 6.25. The van der Waals surface area contributed by atoms with Crippen molar-refractivity contribution >= 4 is 10.0 Å². The van der Waals surface area contributed by atoms with Gasteiger partial charge in [-0.3, -0.25) is 0 Å². The molecule has 0 amide bonds. The van der Waals surface area contributed by atoms with Crippen molar-refractivity contribution < 1.29 is 13.5 Å².